The molecule has 2 aliphatic rings. The Morgan fingerprint density at radius 1 is 1.00 bits per heavy atom. The van der Waals surface area contributed by atoms with Gasteiger partial charge in [0.25, 0.3) is 0 Å². The van der Waals surface area contributed by atoms with Crippen LogP contribution >= 0.6 is 0 Å². The first-order chi connectivity index (χ1) is 13.1. The van der Waals surface area contributed by atoms with Crippen molar-refractivity contribution in [2.45, 2.75) is 96.5 Å². The monoisotopic (exact) mass is 368 g/mol. The maximum atomic E-state index is 12.0. The molecule has 0 radical (unpaired) electrons. The van der Waals surface area contributed by atoms with E-state index in [0.717, 1.165) is 36.7 Å². The third-order valence-electron chi connectivity index (χ3n) is 6.44. The molecule has 1 unspecified atom stereocenters. The van der Waals surface area contributed by atoms with Gasteiger partial charge in [0.2, 0.25) is 0 Å². The van der Waals surface area contributed by atoms with Gasteiger partial charge in [0.15, 0.2) is 0 Å². The summed E-state index contributed by atoms with van der Waals surface area (Å²) >= 11 is 0. The van der Waals surface area contributed by atoms with Crippen LogP contribution in [0.4, 0.5) is 0 Å². The molecular formula is C25H36O2. The highest BCUT2D eigenvalue weighted by Gasteiger charge is 2.24. The summed E-state index contributed by atoms with van der Waals surface area (Å²) in [5.74, 6) is 2.14. The molecule has 1 aromatic rings. The van der Waals surface area contributed by atoms with Gasteiger partial charge < -0.3 is 4.74 Å². The van der Waals surface area contributed by atoms with E-state index in [1.165, 1.54) is 49.7 Å². The molecule has 0 aromatic heterocycles. The molecular weight excluding hydrogens is 332 g/mol. The summed E-state index contributed by atoms with van der Waals surface area (Å²) in [5, 5.41) is 0. The van der Waals surface area contributed by atoms with Crippen molar-refractivity contribution >= 4 is 5.97 Å². The van der Waals surface area contributed by atoms with Gasteiger partial charge in [-0.05, 0) is 87.7 Å². The summed E-state index contributed by atoms with van der Waals surface area (Å²) in [6, 6.07) is 9.41. The van der Waals surface area contributed by atoms with Crippen LogP contribution in [0.25, 0.3) is 0 Å². The molecule has 2 aliphatic carbocycles. The molecule has 0 bridgehead atoms. The molecule has 0 saturated heterocycles. The van der Waals surface area contributed by atoms with Gasteiger partial charge in [-0.2, -0.15) is 0 Å². The molecule has 0 N–H and O–H groups in total. The molecule has 0 aliphatic heterocycles. The van der Waals surface area contributed by atoms with Crippen molar-refractivity contribution < 1.29 is 9.53 Å². The lowest BCUT2D eigenvalue weighted by Gasteiger charge is -2.29. The number of allylic oxidation sites excluding steroid dienone is 1. The highest BCUT2D eigenvalue weighted by molar-refractivity contribution is 5.88. The Balaban J connectivity index is 1.54. The molecule has 0 spiro atoms. The third kappa shape index (κ3) is 5.46. The smallest absolute Gasteiger partial charge is 0.333 e. The molecule has 2 nitrogen and oxygen atoms in total. The maximum absolute atomic E-state index is 12.0. The second-order valence-corrected chi connectivity index (χ2v) is 8.83. The van der Waals surface area contributed by atoms with Crippen LogP contribution < -0.4 is 0 Å². The molecule has 2 heteroatoms. The Labute approximate surface area is 165 Å². The van der Waals surface area contributed by atoms with E-state index in [1.54, 1.807) is 0 Å². The third-order valence-corrected chi connectivity index (χ3v) is 6.44. The zero-order valence-electron chi connectivity index (χ0n) is 17.4. The first kappa shape index (κ1) is 20.2. The predicted octanol–water partition coefficient (Wildman–Crippen LogP) is 6.91. The fourth-order valence-electron chi connectivity index (χ4n) is 4.85. The molecule has 1 atom stereocenters. The zero-order valence-corrected chi connectivity index (χ0v) is 17.4. The molecule has 0 heterocycles. The summed E-state index contributed by atoms with van der Waals surface area (Å²) < 4.78 is 5.33. The van der Waals surface area contributed by atoms with Gasteiger partial charge in [-0.25, -0.2) is 4.79 Å². The lowest BCUT2D eigenvalue weighted by Crippen LogP contribution is -2.17. The van der Waals surface area contributed by atoms with Crippen LogP contribution in [0.2, 0.25) is 0 Å². The quantitative estimate of drug-likeness (QED) is 0.510. The van der Waals surface area contributed by atoms with Crippen molar-refractivity contribution in [1.82, 2.24) is 0 Å². The number of esters is 1. The van der Waals surface area contributed by atoms with Crippen molar-refractivity contribution in [2.24, 2.45) is 5.92 Å². The summed E-state index contributed by atoms with van der Waals surface area (Å²) in [5.41, 5.74) is 3.81. The van der Waals surface area contributed by atoms with Crippen molar-refractivity contribution in [1.29, 1.82) is 0 Å². The van der Waals surface area contributed by atoms with E-state index in [9.17, 15) is 4.79 Å². The lowest BCUT2D eigenvalue weighted by molar-refractivity contribution is -0.142. The van der Waals surface area contributed by atoms with Gasteiger partial charge in [0.1, 0.15) is 0 Å². The highest BCUT2D eigenvalue weighted by atomic mass is 16.5. The minimum absolute atomic E-state index is 0.0410. The standard InChI is InChI=1S/C25H36O2/c1-4-5-19-6-8-20(9-7-19)21-10-12-22(13-11-21)23-14-16-24(17-15-23)25(26)27-18(2)3/h10-13,16,18-20,23H,4-9,14-15,17H2,1-3H3/t19-,20-,23?. The van der Waals surface area contributed by atoms with Crippen molar-refractivity contribution in [3.63, 3.8) is 0 Å². The Bertz CT molecular complexity index is 633. The first-order valence-electron chi connectivity index (χ1n) is 11.1. The Morgan fingerprint density at radius 3 is 2.15 bits per heavy atom. The Hall–Kier alpha value is -1.57. The molecule has 0 amide bonds. The van der Waals surface area contributed by atoms with Gasteiger partial charge in [-0.15, -0.1) is 0 Å². The van der Waals surface area contributed by atoms with Crippen LogP contribution in [0.5, 0.6) is 0 Å². The fraction of sp³-hybridized carbons (Fsp3) is 0.640. The van der Waals surface area contributed by atoms with Gasteiger partial charge in [-0.1, -0.05) is 50.1 Å². The summed E-state index contributed by atoms with van der Waals surface area (Å²) in [4.78, 5) is 12.0. The van der Waals surface area contributed by atoms with Gasteiger partial charge in [-0.3, -0.25) is 0 Å². The number of hydrogen-bond acceptors (Lipinski definition) is 2. The molecule has 1 aromatic carbocycles. The van der Waals surface area contributed by atoms with E-state index in [-0.39, 0.29) is 12.1 Å². The number of benzene rings is 1. The molecule has 1 fully saturated rings. The normalized spacial score (nSPS) is 25.9. The summed E-state index contributed by atoms with van der Waals surface area (Å²) in [6.07, 6.45) is 13.2. The van der Waals surface area contributed by atoms with Gasteiger partial charge in [0, 0.05) is 5.57 Å². The van der Waals surface area contributed by atoms with Crippen LogP contribution in [0, 0.1) is 5.92 Å². The van der Waals surface area contributed by atoms with Crippen LogP contribution in [-0.4, -0.2) is 12.1 Å². The van der Waals surface area contributed by atoms with E-state index in [1.807, 2.05) is 13.8 Å². The highest BCUT2D eigenvalue weighted by Crippen LogP contribution is 2.38. The minimum Gasteiger partial charge on any atom is -0.460 e. The zero-order chi connectivity index (χ0) is 19.2. The average molecular weight is 369 g/mol. The van der Waals surface area contributed by atoms with E-state index in [4.69, 9.17) is 4.74 Å². The number of hydrogen-bond donors (Lipinski definition) is 0. The molecule has 1 saturated carbocycles. The first-order valence-corrected chi connectivity index (χ1v) is 11.1. The van der Waals surface area contributed by atoms with Crippen LogP contribution in [-0.2, 0) is 9.53 Å². The molecule has 27 heavy (non-hydrogen) atoms. The number of ether oxygens (including phenoxy) is 1. The molecule has 3 rings (SSSR count). The number of carbonyl (C=O) groups is 1. The number of rotatable bonds is 6. The summed E-state index contributed by atoms with van der Waals surface area (Å²) in [7, 11) is 0. The molecule has 148 valence electrons. The fourth-order valence-corrected chi connectivity index (χ4v) is 4.85. The van der Waals surface area contributed by atoms with Gasteiger partial charge in [0.05, 0.1) is 6.10 Å². The van der Waals surface area contributed by atoms with Crippen molar-refractivity contribution in [3.8, 4) is 0 Å². The van der Waals surface area contributed by atoms with E-state index >= 15 is 0 Å². The van der Waals surface area contributed by atoms with E-state index in [0.29, 0.717) is 5.92 Å². The second kappa shape index (κ2) is 9.57. The van der Waals surface area contributed by atoms with E-state index < -0.39 is 0 Å². The second-order valence-electron chi connectivity index (χ2n) is 8.83. The van der Waals surface area contributed by atoms with Gasteiger partial charge >= 0.3 is 5.97 Å². The average Bonchev–Trinajstić information content (AvgIpc) is 2.69. The largest absolute Gasteiger partial charge is 0.460 e. The van der Waals surface area contributed by atoms with E-state index in [2.05, 4.69) is 37.3 Å². The summed E-state index contributed by atoms with van der Waals surface area (Å²) in [6.45, 7) is 6.12. The Kier molecular flexibility index (Phi) is 7.15. The SMILES string of the molecule is CCC[C@H]1CC[C@H](c2ccc(C3CC=C(C(=O)OC(C)C)CC3)cc2)CC1. The van der Waals surface area contributed by atoms with Crippen LogP contribution in [0.3, 0.4) is 0 Å². The van der Waals surface area contributed by atoms with Crippen molar-refractivity contribution in [2.75, 3.05) is 0 Å². The number of carbonyl (C=O) groups excluding carboxylic acids is 1. The topological polar surface area (TPSA) is 26.3 Å². The minimum atomic E-state index is -0.127. The Morgan fingerprint density at radius 2 is 1.63 bits per heavy atom. The predicted molar refractivity (Wildman–Crippen MR) is 112 cm³/mol. The van der Waals surface area contributed by atoms with Crippen LogP contribution in [0.1, 0.15) is 102 Å². The maximum Gasteiger partial charge on any atom is 0.333 e. The van der Waals surface area contributed by atoms with Crippen molar-refractivity contribution in [3.05, 3.63) is 47.0 Å². The van der Waals surface area contributed by atoms with Crippen LogP contribution in [0.15, 0.2) is 35.9 Å². The lowest BCUT2D eigenvalue weighted by atomic mass is 9.76.